The fraction of sp³-hybridized carbons (Fsp3) is 0.278. The number of likely N-dealkylation sites (N-methyl/N-ethyl adjacent to an activating group) is 1. The molecule has 0 saturated carbocycles. The molecule has 1 unspecified atom stereocenters. The van der Waals surface area contributed by atoms with Gasteiger partial charge in [0.2, 0.25) is 5.91 Å². The second-order valence-corrected chi connectivity index (χ2v) is 5.98. The Kier molecular flexibility index (Phi) is 4.81. The normalized spacial score (nSPS) is 17.2. The number of rotatable bonds is 4. The zero-order chi connectivity index (χ0) is 17.1. The van der Waals surface area contributed by atoms with Crippen LogP contribution in [-0.4, -0.2) is 40.8 Å². The first-order chi connectivity index (χ1) is 11.6. The highest BCUT2D eigenvalue weighted by Gasteiger charge is 2.38. The number of hydrogen-bond acceptors (Lipinski definition) is 3. The van der Waals surface area contributed by atoms with Crippen molar-refractivity contribution < 1.29 is 9.59 Å². The molecule has 124 valence electrons. The fourth-order valence-electron chi connectivity index (χ4n) is 3.03. The summed E-state index contributed by atoms with van der Waals surface area (Å²) in [6.45, 7) is 2.91. The van der Waals surface area contributed by atoms with E-state index in [1.807, 2.05) is 37.3 Å². The van der Waals surface area contributed by atoms with E-state index in [4.69, 9.17) is 11.6 Å². The van der Waals surface area contributed by atoms with Gasteiger partial charge in [-0.25, -0.2) is 0 Å². The third-order valence-electron chi connectivity index (χ3n) is 4.23. The zero-order valence-electron chi connectivity index (χ0n) is 13.4. The van der Waals surface area contributed by atoms with Crippen LogP contribution in [0.2, 0.25) is 5.02 Å². The summed E-state index contributed by atoms with van der Waals surface area (Å²) in [6.07, 6.45) is 3.57. The van der Waals surface area contributed by atoms with Gasteiger partial charge in [-0.15, -0.1) is 0 Å². The predicted molar refractivity (Wildman–Crippen MR) is 93.2 cm³/mol. The molecule has 0 bridgehead atoms. The molecular weight excluding hydrogens is 326 g/mol. The molecule has 1 fully saturated rings. The summed E-state index contributed by atoms with van der Waals surface area (Å²) in [5, 5.41) is 0.298. The van der Waals surface area contributed by atoms with E-state index in [1.165, 1.54) is 12.4 Å². The summed E-state index contributed by atoms with van der Waals surface area (Å²) in [5.74, 6) is -0.292. The lowest BCUT2D eigenvalue weighted by atomic mass is 10.1. The van der Waals surface area contributed by atoms with Gasteiger partial charge in [0, 0.05) is 31.2 Å². The SMILES string of the molecule is CCN(C(=O)c1ccncc1Cl)C1CCN(c2ccccc2)C1=O. The van der Waals surface area contributed by atoms with E-state index in [0.29, 0.717) is 30.1 Å². The van der Waals surface area contributed by atoms with E-state index >= 15 is 0 Å². The van der Waals surface area contributed by atoms with Crippen molar-refractivity contribution in [1.82, 2.24) is 9.88 Å². The lowest BCUT2D eigenvalue weighted by Crippen LogP contribution is -2.45. The van der Waals surface area contributed by atoms with Crippen LogP contribution < -0.4 is 4.90 Å². The summed E-state index contributed by atoms with van der Waals surface area (Å²) < 4.78 is 0. The van der Waals surface area contributed by atoms with Gasteiger partial charge >= 0.3 is 0 Å². The van der Waals surface area contributed by atoms with E-state index in [1.54, 1.807) is 15.9 Å². The van der Waals surface area contributed by atoms with Crippen LogP contribution in [0.5, 0.6) is 0 Å². The van der Waals surface area contributed by atoms with Crippen LogP contribution in [0.1, 0.15) is 23.7 Å². The smallest absolute Gasteiger partial charge is 0.256 e. The van der Waals surface area contributed by atoms with Crippen molar-refractivity contribution in [1.29, 1.82) is 0 Å². The van der Waals surface area contributed by atoms with Gasteiger partial charge < -0.3 is 9.80 Å². The molecule has 1 aliphatic heterocycles. The van der Waals surface area contributed by atoms with Crippen LogP contribution in [0.15, 0.2) is 48.8 Å². The number of pyridine rings is 1. The first-order valence-corrected chi connectivity index (χ1v) is 8.28. The largest absolute Gasteiger partial charge is 0.327 e. The van der Waals surface area contributed by atoms with Crippen molar-refractivity contribution in [2.75, 3.05) is 18.0 Å². The summed E-state index contributed by atoms with van der Waals surface area (Å²) >= 11 is 6.08. The summed E-state index contributed by atoms with van der Waals surface area (Å²) in [7, 11) is 0. The predicted octanol–water partition coefficient (Wildman–Crippen LogP) is 3.00. The summed E-state index contributed by atoms with van der Waals surface area (Å²) in [4.78, 5) is 32.8. The minimum absolute atomic E-state index is 0.0541. The van der Waals surface area contributed by atoms with Crippen LogP contribution >= 0.6 is 11.6 Å². The molecule has 1 aromatic heterocycles. The van der Waals surface area contributed by atoms with E-state index in [0.717, 1.165) is 5.69 Å². The number of carbonyl (C=O) groups is 2. The summed E-state index contributed by atoms with van der Waals surface area (Å²) in [6, 6.07) is 10.6. The Morgan fingerprint density at radius 2 is 2.08 bits per heavy atom. The van der Waals surface area contributed by atoms with E-state index in [2.05, 4.69) is 4.98 Å². The highest BCUT2D eigenvalue weighted by Crippen LogP contribution is 2.26. The third kappa shape index (κ3) is 2.99. The molecule has 5 nitrogen and oxygen atoms in total. The number of hydrogen-bond donors (Lipinski definition) is 0. The fourth-order valence-corrected chi connectivity index (χ4v) is 3.23. The van der Waals surface area contributed by atoms with Gasteiger partial charge in [0.25, 0.3) is 5.91 Å². The van der Waals surface area contributed by atoms with Gasteiger partial charge in [0.05, 0.1) is 10.6 Å². The van der Waals surface area contributed by atoms with Gasteiger partial charge in [0.1, 0.15) is 6.04 Å². The maximum Gasteiger partial charge on any atom is 0.256 e. The molecule has 0 N–H and O–H groups in total. The first kappa shape index (κ1) is 16.5. The monoisotopic (exact) mass is 343 g/mol. The minimum atomic E-state index is -0.466. The lowest BCUT2D eigenvalue weighted by Gasteiger charge is -2.27. The van der Waals surface area contributed by atoms with Crippen molar-refractivity contribution in [2.45, 2.75) is 19.4 Å². The molecule has 1 aliphatic rings. The van der Waals surface area contributed by atoms with Gasteiger partial charge in [-0.1, -0.05) is 29.8 Å². The van der Waals surface area contributed by atoms with Gasteiger partial charge in [0.15, 0.2) is 0 Å². The molecule has 2 aromatic rings. The van der Waals surface area contributed by atoms with E-state index < -0.39 is 6.04 Å². The highest BCUT2D eigenvalue weighted by molar-refractivity contribution is 6.33. The topological polar surface area (TPSA) is 53.5 Å². The Bertz CT molecular complexity index is 751. The Morgan fingerprint density at radius 3 is 2.75 bits per heavy atom. The Hall–Kier alpha value is -2.40. The number of para-hydroxylation sites is 1. The van der Waals surface area contributed by atoms with Crippen LogP contribution in [0.3, 0.4) is 0 Å². The molecule has 6 heteroatoms. The number of carbonyl (C=O) groups excluding carboxylic acids is 2. The van der Waals surface area contributed by atoms with Crippen LogP contribution in [0, 0.1) is 0 Å². The number of halogens is 1. The molecule has 0 spiro atoms. The van der Waals surface area contributed by atoms with Crippen molar-refractivity contribution in [3.63, 3.8) is 0 Å². The second-order valence-electron chi connectivity index (χ2n) is 5.58. The molecule has 24 heavy (non-hydrogen) atoms. The molecule has 0 radical (unpaired) electrons. The van der Waals surface area contributed by atoms with Gasteiger partial charge in [-0.2, -0.15) is 0 Å². The molecule has 1 aromatic carbocycles. The number of anilines is 1. The number of benzene rings is 1. The standard InChI is InChI=1S/C18H18ClN3O2/c1-2-21(17(23)14-8-10-20-12-15(14)19)16-9-11-22(18(16)24)13-6-4-3-5-7-13/h3-8,10,12,16H,2,9,11H2,1H3. The average molecular weight is 344 g/mol. The van der Waals surface area contributed by atoms with Crippen LogP contribution in [-0.2, 0) is 4.79 Å². The minimum Gasteiger partial charge on any atom is -0.327 e. The summed E-state index contributed by atoms with van der Waals surface area (Å²) in [5.41, 5.74) is 1.23. The number of amides is 2. The van der Waals surface area contributed by atoms with Crippen LogP contribution in [0.25, 0.3) is 0 Å². The van der Waals surface area contributed by atoms with Crippen molar-refractivity contribution in [3.05, 3.63) is 59.4 Å². The highest BCUT2D eigenvalue weighted by atomic mass is 35.5. The molecule has 1 atom stereocenters. The molecule has 0 aliphatic carbocycles. The van der Waals surface area contributed by atoms with Crippen LogP contribution in [0.4, 0.5) is 5.69 Å². The average Bonchev–Trinajstić information content (AvgIpc) is 2.98. The Labute approximate surface area is 145 Å². The number of aromatic nitrogens is 1. The molecule has 1 saturated heterocycles. The van der Waals surface area contributed by atoms with E-state index in [9.17, 15) is 9.59 Å². The maximum atomic E-state index is 12.8. The van der Waals surface area contributed by atoms with Gasteiger partial charge in [-0.3, -0.25) is 14.6 Å². The third-order valence-corrected chi connectivity index (χ3v) is 4.53. The molecule has 2 heterocycles. The quantitative estimate of drug-likeness (QED) is 0.857. The Morgan fingerprint density at radius 1 is 1.33 bits per heavy atom. The second kappa shape index (κ2) is 7.01. The van der Waals surface area contributed by atoms with Gasteiger partial charge in [-0.05, 0) is 31.5 Å². The molecule has 2 amide bonds. The lowest BCUT2D eigenvalue weighted by molar-refractivity contribution is -0.120. The molecule has 3 rings (SSSR count). The number of nitrogens with zero attached hydrogens (tertiary/aromatic N) is 3. The van der Waals surface area contributed by atoms with Crippen molar-refractivity contribution in [3.8, 4) is 0 Å². The Balaban J connectivity index is 1.83. The van der Waals surface area contributed by atoms with E-state index in [-0.39, 0.29) is 11.8 Å². The van der Waals surface area contributed by atoms with Crippen molar-refractivity contribution in [2.24, 2.45) is 0 Å². The maximum absolute atomic E-state index is 12.8. The zero-order valence-corrected chi connectivity index (χ0v) is 14.1. The first-order valence-electron chi connectivity index (χ1n) is 7.90. The molecular formula is C18H18ClN3O2. The van der Waals surface area contributed by atoms with Crippen molar-refractivity contribution >= 4 is 29.1 Å².